The van der Waals surface area contributed by atoms with Crippen molar-refractivity contribution in [1.29, 1.82) is 0 Å². The maximum atomic E-state index is 10.5. The molecule has 0 aliphatic heterocycles. The number of ether oxygens (including phenoxy) is 2. The van der Waals surface area contributed by atoms with Gasteiger partial charge in [0.25, 0.3) is 0 Å². The van der Waals surface area contributed by atoms with Crippen molar-refractivity contribution in [3.63, 3.8) is 0 Å². The zero-order valence-corrected chi connectivity index (χ0v) is 12.0. The molecule has 1 N–H and O–H groups in total. The molecular formula is C12H25ClO4. The number of carbonyl (C=O) groups excluding carboxylic acids is 1. The van der Waals surface area contributed by atoms with Gasteiger partial charge in [0.05, 0.1) is 6.61 Å². The Morgan fingerprint density at radius 2 is 1.65 bits per heavy atom. The second-order valence-corrected chi connectivity index (χ2v) is 4.66. The van der Waals surface area contributed by atoms with Crippen LogP contribution in [-0.2, 0) is 9.47 Å². The molecular weight excluding hydrogens is 244 g/mol. The van der Waals surface area contributed by atoms with Gasteiger partial charge in [-0.1, -0.05) is 39.3 Å². The van der Waals surface area contributed by atoms with Crippen LogP contribution in [0.15, 0.2) is 0 Å². The van der Waals surface area contributed by atoms with Crippen molar-refractivity contribution in [3.8, 4) is 0 Å². The highest BCUT2D eigenvalue weighted by Gasteiger charge is 2.02. The quantitative estimate of drug-likeness (QED) is 0.592. The Labute approximate surface area is 109 Å². The molecule has 0 rings (SSSR count). The minimum absolute atomic E-state index is 0.152. The molecule has 0 radical (unpaired) electrons. The lowest BCUT2D eigenvalue weighted by Crippen LogP contribution is -2.08. The molecule has 4 nitrogen and oxygen atoms in total. The number of carbonyl (C=O) groups is 1. The highest BCUT2D eigenvalue weighted by molar-refractivity contribution is 6.17. The van der Waals surface area contributed by atoms with Crippen LogP contribution >= 0.6 is 11.6 Å². The monoisotopic (exact) mass is 268 g/mol. The van der Waals surface area contributed by atoms with Gasteiger partial charge >= 0.3 is 6.16 Å². The van der Waals surface area contributed by atoms with Gasteiger partial charge in [-0.2, -0.15) is 0 Å². The number of alkyl halides is 1. The van der Waals surface area contributed by atoms with Crippen LogP contribution in [0.25, 0.3) is 0 Å². The molecule has 0 spiro atoms. The van der Waals surface area contributed by atoms with E-state index in [0.717, 1.165) is 12.8 Å². The molecule has 0 heterocycles. The van der Waals surface area contributed by atoms with E-state index in [-0.39, 0.29) is 6.07 Å². The molecule has 0 unspecified atom stereocenters. The number of aliphatic hydroxyl groups is 1. The first-order valence-corrected chi connectivity index (χ1v) is 6.43. The van der Waals surface area contributed by atoms with Crippen molar-refractivity contribution in [1.82, 2.24) is 0 Å². The van der Waals surface area contributed by atoms with E-state index in [2.05, 4.69) is 37.2 Å². The van der Waals surface area contributed by atoms with Crippen LogP contribution in [0.3, 0.4) is 0 Å². The summed E-state index contributed by atoms with van der Waals surface area (Å²) in [4.78, 5) is 10.5. The predicted octanol–water partition coefficient (Wildman–Crippen LogP) is 3.41. The molecule has 0 aliphatic rings. The summed E-state index contributed by atoms with van der Waals surface area (Å²) in [6, 6.07) is -0.152. The fraction of sp³-hybridized carbons (Fsp3) is 0.917. The first-order valence-electron chi connectivity index (χ1n) is 5.90. The SMILES string of the molecule is CC(C)CCO.CC(C)CCOC(=O)OCCl. The third-order valence-corrected chi connectivity index (χ3v) is 1.90. The third kappa shape index (κ3) is 21.4. The Balaban J connectivity index is 0. The van der Waals surface area contributed by atoms with Gasteiger partial charge < -0.3 is 14.6 Å². The molecule has 0 saturated heterocycles. The van der Waals surface area contributed by atoms with Crippen LogP contribution in [-0.4, -0.2) is 30.5 Å². The molecule has 0 aromatic rings. The molecule has 104 valence electrons. The molecule has 0 saturated carbocycles. The number of halogens is 1. The fourth-order valence-corrected chi connectivity index (χ4v) is 0.811. The Hall–Kier alpha value is -0.480. The van der Waals surface area contributed by atoms with E-state index in [4.69, 9.17) is 16.7 Å². The largest absolute Gasteiger partial charge is 0.509 e. The van der Waals surface area contributed by atoms with E-state index in [1.807, 2.05) is 0 Å². The van der Waals surface area contributed by atoms with Gasteiger partial charge in [-0.05, 0) is 24.7 Å². The fourth-order valence-electron chi connectivity index (χ4n) is 0.722. The van der Waals surface area contributed by atoms with Crippen LogP contribution in [0.4, 0.5) is 4.79 Å². The zero-order valence-electron chi connectivity index (χ0n) is 11.2. The van der Waals surface area contributed by atoms with Crippen LogP contribution in [0.5, 0.6) is 0 Å². The molecule has 17 heavy (non-hydrogen) atoms. The first kappa shape index (κ1) is 18.9. The minimum Gasteiger partial charge on any atom is -0.434 e. The van der Waals surface area contributed by atoms with Gasteiger partial charge in [0.1, 0.15) is 0 Å². The summed E-state index contributed by atoms with van der Waals surface area (Å²) in [6.45, 7) is 9.02. The average Bonchev–Trinajstić information content (AvgIpc) is 2.18. The second kappa shape index (κ2) is 13.6. The predicted molar refractivity (Wildman–Crippen MR) is 69.1 cm³/mol. The summed E-state index contributed by atoms with van der Waals surface area (Å²) >= 11 is 5.11. The van der Waals surface area contributed by atoms with Gasteiger partial charge in [-0.3, -0.25) is 0 Å². The van der Waals surface area contributed by atoms with Crippen LogP contribution in [0.2, 0.25) is 0 Å². The summed E-state index contributed by atoms with van der Waals surface area (Å²) in [5, 5.41) is 8.24. The maximum absolute atomic E-state index is 10.5. The van der Waals surface area contributed by atoms with Crippen molar-refractivity contribution in [2.24, 2.45) is 11.8 Å². The van der Waals surface area contributed by atoms with Gasteiger partial charge in [-0.15, -0.1) is 0 Å². The number of hydrogen-bond acceptors (Lipinski definition) is 4. The topological polar surface area (TPSA) is 55.8 Å². The van der Waals surface area contributed by atoms with E-state index in [1.165, 1.54) is 0 Å². The lowest BCUT2D eigenvalue weighted by molar-refractivity contribution is 0.0645. The lowest BCUT2D eigenvalue weighted by Gasteiger charge is -2.05. The van der Waals surface area contributed by atoms with Crippen LogP contribution in [0, 0.1) is 11.8 Å². The highest BCUT2D eigenvalue weighted by Crippen LogP contribution is 1.99. The van der Waals surface area contributed by atoms with Gasteiger partial charge in [0, 0.05) is 6.61 Å². The van der Waals surface area contributed by atoms with Crippen molar-refractivity contribution >= 4 is 17.8 Å². The maximum Gasteiger partial charge on any atom is 0.509 e. The number of aliphatic hydroxyl groups excluding tert-OH is 1. The zero-order chi connectivity index (χ0) is 13.7. The van der Waals surface area contributed by atoms with Crippen molar-refractivity contribution < 1.29 is 19.4 Å². The molecule has 5 heteroatoms. The Bertz CT molecular complexity index is 172. The van der Waals surface area contributed by atoms with Crippen LogP contribution in [0.1, 0.15) is 40.5 Å². The number of rotatable bonds is 6. The smallest absolute Gasteiger partial charge is 0.434 e. The average molecular weight is 269 g/mol. The van der Waals surface area contributed by atoms with E-state index >= 15 is 0 Å². The van der Waals surface area contributed by atoms with E-state index < -0.39 is 6.16 Å². The summed E-state index contributed by atoms with van der Waals surface area (Å²) in [7, 11) is 0. The summed E-state index contributed by atoms with van der Waals surface area (Å²) in [6.07, 6.45) is 1.08. The minimum atomic E-state index is -0.694. The van der Waals surface area contributed by atoms with Gasteiger partial charge in [0.2, 0.25) is 0 Å². The van der Waals surface area contributed by atoms with E-state index in [0.29, 0.717) is 25.0 Å². The van der Waals surface area contributed by atoms with E-state index in [9.17, 15) is 4.79 Å². The van der Waals surface area contributed by atoms with Crippen molar-refractivity contribution in [2.75, 3.05) is 19.3 Å². The lowest BCUT2D eigenvalue weighted by atomic mass is 10.1. The molecule has 0 aromatic carbocycles. The first-order chi connectivity index (χ1) is 7.93. The molecule has 0 bridgehead atoms. The third-order valence-electron chi connectivity index (χ3n) is 1.79. The van der Waals surface area contributed by atoms with Gasteiger partial charge in [0.15, 0.2) is 6.07 Å². The molecule has 0 fully saturated rings. The summed E-state index contributed by atoms with van der Waals surface area (Å²) < 4.78 is 8.98. The Morgan fingerprint density at radius 3 is 1.94 bits per heavy atom. The van der Waals surface area contributed by atoms with Crippen molar-refractivity contribution in [2.45, 2.75) is 40.5 Å². The Morgan fingerprint density at radius 1 is 1.12 bits per heavy atom. The van der Waals surface area contributed by atoms with Crippen LogP contribution < -0.4 is 0 Å². The van der Waals surface area contributed by atoms with E-state index in [1.54, 1.807) is 0 Å². The van der Waals surface area contributed by atoms with Crippen molar-refractivity contribution in [3.05, 3.63) is 0 Å². The normalized spacial score (nSPS) is 9.88. The second-order valence-electron chi connectivity index (χ2n) is 4.44. The molecule has 0 aromatic heterocycles. The molecule has 0 amide bonds. The molecule has 0 aliphatic carbocycles. The highest BCUT2D eigenvalue weighted by atomic mass is 35.5. The van der Waals surface area contributed by atoms with Gasteiger partial charge in [-0.25, -0.2) is 4.79 Å². The Kier molecular flexibility index (Phi) is 15.1. The summed E-state index contributed by atoms with van der Waals surface area (Å²) in [5.41, 5.74) is 0. The summed E-state index contributed by atoms with van der Waals surface area (Å²) in [5.74, 6) is 1.17. The number of hydrogen-bond donors (Lipinski definition) is 1. The standard InChI is InChI=1S/C7H13ClO3.C5H12O/c1-6(2)3-4-10-7(9)11-5-8;1-5(2)3-4-6/h6H,3-5H2,1-2H3;5-6H,3-4H2,1-2H3. The molecule has 0 atom stereocenters.